The molecule has 2 rings (SSSR count). The van der Waals surface area contributed by atoms with Crippen LogP contribution in [-0.4, -0.2) is 29.0 Å². The number of ether oxygens (including phenoxy) is 1. The second kappa shape index (κ2) is 9.96. The molecule has 0 aliphatic rings. The third kappa shape index (κ3) is 6.44. The molecule has 0 saturated heterocycles. The van der Waals surface area contributed by atoms with Crippen molar-refractivity contribution in [2.75, 3.05) is 12.4 Å². The van der Waals surface area contributed by atoms with Gasteiger partial charge in [-0.15, -0.1) is 0 Å². The van der Waals surface area contributed by atoms with Gasteiger partial charge in [0.1, 0.15) is 17.5 Å². The minimum Gasteiger partial charge on any atom is -0.479 e. The number of carbonyl (C=O) groups is 1. The molecule has 1 heterocycles. The van der Waals surface area contributed by atoms with Crippen LogP contribution < -0.4 is 15.4 Å². The van der Waals surface area contributed by atoms with Gasteiger partial charge in [-0.25, -0.2) is 18.7 Å². The standard InChI is InChI=1S/C20H26F2N4O2/c1-12(2)6-5-7-13(3)24-19(27)18-20(28-4)23-11-17(26-18)25-16-9-14(21)8-15(22)10-16/h8-13H,5-7H2,1-4H3,(H,24,27)(H,25,26). The number of hydrogen-bond acceptors (Lipinski definition) is 5. The van der Waals surface area contributed by atoms with E-state index in [4.69, 9.17) is 4.74 Å². The van der Waals surface area contributed by atoms with Crippen LogP contribution in [0.5, 0.6) is 5.88 Å². The summed E-state index contributed by atoms with van der Waals surface area (Å²) in [4.78, 5) is 20.9. The molecule has 0 bridgehead atoms. The van der Waals surface area contributed by atoms with Crippen LogP contribution in [0, 0.1) is 17.6 Å². The van der Waals surface area contributed by atoms with Crippen LogP contribution in [0.1, 0.15) is 50.5 Å². The number of amides is 1. The molecule has 0 radical (unpaired) electrons. The number of nitrogens with zero attached hydrogens (tertiary/aromatic N) is 2. The van der Waals surface area contributed by atoms with Gasteiger partial charge in [-0.3, -0.25) is 4.79 Å². The zero-order chi connectivity index (χ0) is 20.7. The Morgan fingerprint density at radius 3 is 2.43 bits per heavy atom. The van der Waals surface area contributed by atoms with E-state index in [-0.39, 0.29) is 29.1 Å². The van der Waals surface area contributed by atoms with E-state index < -0.39 is 17.5 Å². The Labute approximate surface area is 163 Å². The largest absolute Gasteiger partial charge is 0.479 e. The number of aromatic nitrogens is 2. The molecule has 1 amide bonds. The SMILES string of the molecule is COc1ncc(Nc2cc(F)cc(F)c2)nc1C(=O)NC(C)CCCC(C)C. The van der Waals surface area contributed by atoms with Crippen molar-refractivity contribution < 1.29 is 18.3 Å². The van der Waals surface area contributed by atoms with E-state index in [1.54, 1.807) is 0 Å². The highest BCUT2D eigenvalue weighted by molar-refractivity contribution is 5.95. The fraction of sp³-hybridized carbons (Fsp3) is 0.450. The van der Waals surface area contributed by atoms with Gasteiger partial charge in [0.05, 0.1) is 13.3 Å². The second-order valence-electron chi connectivity index (χ2n) is 7.10. The molecule has 1 unspecified atom stereocenters. The van der Waals surface area contributed by atoms with Crippen LogP contribution in [0.3, 0.4) is 0 Å². The van der Waals surface area contributed by atoms with E-state index in [2.05, 4.69) is 34.4 Å². The lowest BCUT2D eigenvalue weighted by atomic mass is 10.0. The first-order valence-electron chi connectivity index (χ1n) is 9.23. The quantitative estimate of drug-likeness (QED) is 0.659. The summed E-state index contributed by atoms with van der Waals surface area (Å²) >= 11 is 0. The molecule has 1 atom stereocenters. The van der Waals surface area contributed by atoms with E-state index in [1.165, 1.54) is 13.3 Å². The molecule has 1 aromatic heterocycles. The summed E-state index contributed by atoms with van der Waals surface area (Å²) in [5.74, 6) is -1.01. The van der Waals surface area contributed by atoms with Crippen LogP contribution in [0.4, 0.5) is 20.3 Å². The molecule has 0 aliphatic carbocycles. The molecule has 0 fully saturated rings. The van der Waals surface area contributed by atoms with Crippen molar-refractivity contribution in [2.45, 2.75) is 46.1 Å². The lowest BCUT2D eigenvalue weighted by Crippen LogP contribution is -2.33. The third-order valence-corrected chi connectivity index (χ3v) is 4.08. The summed E-state index contributed by atoms with van der Waals surface area (Å²) in [6, 6.07) is 2.97. The van der Waals surface area contributed by atoms with Gasteiger partial charge < -0.3 is 15.4 Å². The van der Waals surface area contributed by atoms with Gasteiger partial charge in [0.15, 0.2) is 5.69 Å². The van der Waals surface area contributed by atoms with Gasteiger partial charge in [0.2, 0.25) is 5.88 Å². The van der Waals surface area contributed by atoms with Gasteiger partial charge in [0.25, 0.3) is 5.91 Å². The zero-order valence-corrected chi connectivity index (χ0v) is 16.6. The highest BCUT2D eigenvalue weighted by Gasteiger charge is 2.19. The summed E-state index contributed by atoms with van der Waals surface area (Å²) in [5.41, 5.74) is 0.158. The summed E-state index contributed by atoms with van der Waals surface area (Å²) < 4.78 is 31.8. The number of anilines is 2. The van der Waals surface area contributed by atoms with E-state index in [0.29, 0.717) is 5.92 Å². The van der Waals surface area contributed by atoms with Crippen molar-refractivity contribution in [3.8, 4) is 5.88 Å². The first-order valence-corrected chi connectivity index (χ1v) is 9.23. The molecule has 0 aliphatic heterocycles. The minimum absolute atomic E-state index is 0.0000783. The predicted octanol–water partition coefficient (Wildman–Crippen LogP) is 4.45. The van der Waals surface area contributed by atoms with E-state index in [1.807, 2.05) is 6.92 Å². The highest BCUT2D eigenvalue weighted by Crippen LogP contribution is 2.20. The summed E-state index contributed by atoms with van der Waals surface area (Å²) in [6.07, 6.45) is 4.27. The van der Waals surface area contributed by atoms with Crippen LogP contribution in [0.25, 0.3) is 0 Å². The smallest absolute Gasteiger partial charge is 0.275 e. The van der Waals surface area contributed by atoms with Gasteiger partial charge >= 0.3 is 0 Å². The van der Waals surface area contributed by atoms with Crippen molar-refractivity contribution in [1.82, 2.24) is 15.3 Å². The maximum Gasteiger partial charge on any atom is 0.275 e. The monoisotopic (exact) mass is 392 g/mol. The minimum atomic E-state index is -0.725. The van der Waals surface area contributed by atoms with E-state index >= 15 is 0 Å². The van der Waals surface area contributed by atoms with Crippen LogP contribution >= 0.6 is 0 Å². The van der Waals surface area contributed by atoms with E-state index in [0.717, 1.165) is 37.5 Å². The topological polar surface area (TPSA) is 76.1 Å². The van der Waals surface area contributed by atoms with Crippen molar-refractivity contribution in [1.29, 1.82) is 0 Å². The van der Waals surface area contributed by atoms with Gasteiger partial charge in [-0.1, -0.05) is 26.7 Å². The maximum absolute atomic E-state index is 13.4. The molecule has 6 nitrogen and oxygen atoms in total. The van der Waals surface area contributed by atoms with Crippen molar-refractivity contribution in [3.05, 3.63) is 41.7 Å². The molecule has 28 heavy (non-hydrogen) atoms. The van der Waals surface area contributed by atoms with Gasteiger partial charge in [-0.05, 0) is 31.4 Å². The average Bonchev–Trinajstić information content (AvgIpc) is 2.60. The summed E-state index contributed by atoms with van der Waals surface area (Å²) in [7, 11) is 1.39. The molecular weight excluding hydrogens is 366 g/mol. The number of benzene rings is 1. The second-order valence-corrected chi connectivity index (χ2v) is 7.10. The van der Waals surface area contributed by atoms with Crippen LogP contribution in [-0.2, 0) is 0 Å². The Morgan fingerprint density at radius 1 is 1.14 bits per heavy atom. The zero-order valence-electron chi connectivity index (χ0n) is 16.6. The Kier molecular flexibility index (Phi) is 7.66. The molecule has 0 saturated carbocycles. The molecule has 2 N–H and O–H groups in total. The number of nitrogens with one attached hydrogen (secondary N) is 2. The molecule has 8 heteroatoms. The Bertz CT molecular complexity index is 795. The highest BCUT2D eigenvalue weighted by atomic mass is 19.1. The normalized spacial score (nSPS) is 12.0. The number of hydrogen-bond donors (Lipinski definition) is 2. The predicted molar refractivity (Wildman–Crippen MR) is 104 cm³/mol. The van der Waals surface area contributed by atoms with E-state index in [9.17, 15) is 13.6 Å². The first-order chi connectivity index (χ1) is 13.3. The van der Waals surface area contributed by atoms with Crippen molar-refractivity contribution in [3.63, 3.8) is 0 Å². The summed E-state index contributed by atoms with van der Waals surface area (Å²) in [5, 5.41) is 5.63. The first kappa shape index (κ1) is 21.5. The molecule has 2 aromatic rings. The Balaban J connectivity index is 2.11. The van der Waals surface area contributed by atoms with Gasteiger partial charge in [0, 0.05) is 17.8 Å². The lowest BCUT2D eigenvalue weighted by molar-refractivity contribution is 0.0928. The van der Waals surface area contributed by atoms with Gasteiger partial charge in [-0.2, -0.15) is 0 Å². The number of halogens is 2. The lowest BCUT2D eigenvalue weighted by Gasteiger charge is -2.15. The average molecular weight is 392 g/mol. The molecule has 152 valence electrons. The fourth-order valence-corrected chi connectivity index (χ4v) is 2.71. The molecular formula is C20H26F2N4O2. The Hall–Kier alpha value is -2.77. The molecule has 1 aromatic carbocycles. The Morgan fingerprint density at radius 2 is 1.82 bits per heavy atom. The maximum atomic E-state index is 13.4. The summed E-state index contributed by atoms with van der Waals surface area (Å²) in [6.45, 7) is 6.25. The van der Waals surface area contributed by atoms with Crippen LogP contribution in [0.2, 0.25) is 0 Å². The van der Waals surface area contributed by atoms with Crippen molar-refractivity contribution >= 4 is 17.4 Å². The van der Waals surface area contributed by atoms with Crippen molar-refractivity contribution in [2.24, 2.45) is 5.92 Å². The van der Waals surface area contributed by atoms with Crippen LogP contribution in [0.15, 0.2) is 24.4 Å². The number of rotatable bonds is 9. The molecule has 0 spiro atoms. The number of methoxy groups -OCH3 is 1. The number of carbonyl (C=O) groups excluding carboxylic acids is 1. The third-order valence-electron chi connectivity index (χ3n) is 4.08. The fourth-order valence-electron chi connectivity index (χ4n) is 2.71.